The molecule has 0 radical (unpaired) electrons. The van der Waals surface area contributed by atoms with Crippen molar-refractivity contribution in [3.8, 4) is 5.75 Å². The first-order chi connectivity index (χ1) is 16.4. The molecular formula is C25H30ClFN4O3. The van der Waals surface area contributed by atoms with Gasteiger partial charge in [0.1, 0.15) is 17.2 Å². The van der Waals surface area contributed by atoms with Crippen LogP contribution in [0.25, 0.3) is 0 Å². The van der Waals surface area contributed by atoms with Crippen molar-refractivity contribution in [2.24, 2.45) is 0 Å². The number of hydrogen-bond acceptors (Lipinski definition) is 5. The zero-order valence-corrected chi connectivity index (χ0v) is 19.9. The standard InChI is InChI=1S/C25H30ClFN4O3/c1-2-28-24(33)29-19-5-4-18(27)12-20(19)31-14-21(22(32)15-31)30-9-7-25(8-10-30)13-16-11-17(26)3-6-23(16)34-25/h3-6,11-12,21-22,32H,2,7-10,13-15H2,1H3,(H2,28,29,33)/t21?,22-/m1/s1. The van der Waals surface area contributed by atoms with Crippen molar-refractivity contribution in [3.63, 3.8) is 0 Å². The summed E-state index contributed by atoms with van der Waals surface area (Å²) < 4.78 is 20.5. The average molecular weight is 489 g/mol. The molecule has 2 fully saturated rings. The van der Waals surface area contributed by atoms with Gasteiger partial charge < -0.3 is 25.4 Å². The Hall–Kier alpha value is -2.55. The minimum Gasteiger partial charge on any atom is -0.487 e. The largest absolute Gasteiger partial charge is 0.487 e. The highest BCUT2D eigenvalue weighted by molar-refractivity contribution is 6.30. The summed E-state index contributed by atoms with van der Waals surface area (Å²) in [5, 5.41) is 17.1. The lowest BCUT2D eigenvalue weighted by atomic mass is 9.86. The van der Waals surface area contributed by atoms with Crippen LogP contribution in [0.5, 0.6) is 5.75 Å². The van der Waals surface area contributed by atoms with Gasteiger partial charge in [-0.15, -0.1) is 0 Å². The van der Waals surface area contributed by atoms with Crippen LogP contribution in [0.3, 0.4) is 0 Å². The summed E-state index contributed by atoms with van der Waals surface area (Å²) in [7, 11) is 0. The van der Waals surface area contributed by atoms with Crippen molar-refractivity contribution in [2.75, 3.05) is 42.9 Å². The molecule has 3 heterocycles. The highest BCUT2D eigenvalue weighted by atomic mass is 35.5. The molecule has 2 atom stereocenters. The summed E-state index contributed by atoms with van der Waals surface area (Å²) >= 11 is 6.16. The van der Waals surface area contributed by atoms with E-state index in [0.717, 1.165) is 48.7 Å². The number of benzene rings is 2. The van der Waals surface area contributed by atoms with Gasteiger partial charge in [0.05, 0.1) is 23.5 Å². The van der Waals surface area contributed by atoms with Crippen LogP contribution in [0.2, 0.25) is 5.02 Å². The number of carbonyl (C=O) groups excluding carboxylic acids is 1. The normalized spacial score (nSPS) is 23.6. The van der Waals surface area contributed by atoms with E-state index in [-0.39, 0.29) is 23.5 Å². The van der Waals surface area contributed by atoms with Gasteiger partial charge in [0.2, 0.25) is 0 Å². The second kappa shape index (κ2) is 9.24. The number of β-amino-alcohol motifs (C(OH)–C–C–N with tert-alkyl or cyclic N) is 1. The zero-order valence-electron chi connectivity index (χ0n) is 19.2. The predicted molar refractivity (Wildman–Crippen MR) is 130 cm³/mol. The third-order valence-corrected chi connectivity index (χ3v) is 7.42. The highest BCUT2D eigenvalue weighted by Crippen LogP contribution is 2.42. The Morgan fingerprint density at radius 2 is 2.03 bits per heavy atom. The van der Waals surface area contributed by atoms with Crippen LogP contribution in [0.15, 0.2) is 36.4 Å². The molecule has 182 valence electrons. The van der Waals surface area contributed by atoms with Crippen LogP contribution in [0, 0.1) is 5.82 Å². The molecule has 2 saturated heterocycles. The number of aliphatic hydroxyl groups is 1. The Balaban J connectivity index is 1.25. The Bertz CT molecular complexity index is 1080. The molecule has 0 aromatic heterocycles. The number of likely N-dealkylation sites (tertiary alicyclic amines) is 1. The molecule has 3 N–H and O–H groups in total. The van der Waals surface area contributed by atoms with Crippen LogP contribution in [0.1, 0.15) is 25.3 Å². The molecule has 3 aliphatic rings. The van der Waals surface area contributed by atoms with Gasteiger partial charge in [-0.1, -0.05) is 11.6 Å². The van der Waals surface area contributed by atoms with Crippen LogP contribution < -0.4 is 20.3 Å². The quantitative estimate of drug-likeness (QED) is 0.612. The van der Waals surface area contributed by atoms with Crippen molar-refractivity contribution in [1.82, 2.24) is 10.2 Å². The number of amides is 2. The number of rotatable bonds is 4. The smallest absolute Gasteiger partial charge is 0.319 e. The molecule has 2 aromatic rings. The second-order valence-electron chi connectivity index (χ2n) is 9.44. The van der Waals surface area contributed by atoms with Gasteiger partial charge in [0.15, 0.2) is 0 Å². The van der Waals surface area contributed by atoms with Crippen LogP contribution in [-0.2, 0) is 6.42 Å². The molecule has 7 nitrogen and oxygen atoms in total. The fourth-order valence-corrected chi connectivity index (χ4v) is 5.66. The van der Waals surface area contributed by atoms with Gasteiger partial charge >= 0.3 is 6.03 Å². The van der Waals surface area contributed by atoms with Crippen molar-refractivity contribution < 1.29 is 19.0 Å². The third kappa shape index (κ3) is 4.54. The molecule has 0 aliphatic carbocycles. The number of hydrogen-bond donors (Lipinski definition) is 3. The fourth-order valence-electron chi connectivity index (χ4n) is 5.47. The Kier molecular flexibility index (Phi) is 6.31. The van der Waals surface area contributed by atoms with Gasteiger partial charge in [-0.3, -0.25) is 4.90 Å². The van der Waals surface area contributed by atoms with Gasteiger partial charge in [0, 0.05) is 57.0 Å². The number of nitrogens with zero attached hydrogens (tertiary/aromatic N) is 2. The lowest BCUT2D eigenvalue weighted by Crippen LogP contribution is -2.53. The van der Waals surface area contributed by atoms with Gasteiger partial charge in [-0.05, 0) is 48.9 Å². The fraction of sp³-hybridized carbons (Fsp3) is 0.480. The lowest BCUT2D eigenvalue weighted by Gasteiger charge is -2.41. The third-order valence-electron chi connectivity index (χ3n) is 7.18. The summed E-state index contributed by atoms with van der Waals surface area (Å²) in [6.07, 6.45) is 2.02. The maximum atomic E-state index is 14.1. The zero-order chi connectivity index (χ0) is 23.9. The monoisotopic (exact) mass is 488 g/mol. The first-order valence-corrected chi connectivity index (χ1v) is 12.2. The van der Waals surface area contributed by atoms with E-state index in [1.54, 1.807) is 6.07 Å². The minimum atomic E-state index is -0.574. The number of ether oxygens (including phenoxy) is 1. The van der Waals surface area contributed by atoms with E-state index in [2.05, 4.69) is 15.5 Å². The Labute approximate surface area is 203 Å². The van der Waals surface area contributed by atoms with Crippen molar-refractivity contribution in [3.05, 3.63) is 52.8 Å². The van der Waals surface area contributed by atoms with E-state index in [1.807, 2.05) is 30.0 Å². The van der Waals surface area contributed by atoms with E-state index >= 15 is 0 Å². The molecule has 1 unspecified atom stereocenters. The number of urea groups is 1. The molecule has 0 bridgehead atoms. The maximum Gasteiger partial charge on any atom is 0.319 e. The number of halogens is 2. The predicted octanol–water partition coefficient (Wildman–Crippen LogP) is 3.64. The molecule has 9 heteroatoms. The van der Waals surface area contributed by atoms with Crippen LogP contribution >= 0.6 is 11.6 Å². The van der Waals surface area contributed by atoms with E-state index < -0.39 is 6.10 Å². The summed E-state index contributed by atoms with van der Waals surface area (Å²) in [5.41, 5.74) is 2.05. The molecular weight excluding hydrogens is 459 g/mol. The number of piperidine rings is 1. The molecule has 34 heavy (non-hydrogen) atoms. The van der Waals surface area contributed by atoms with E-state index in [0.29, 0.717) is 31.0 Å². The Morgan fingerprint density at radius 3 is 2.79 bits per heavy atom. The summed E-state index contributed by atoms with van der Waals surface area (Å²) in [6, 6.07) is 9.68. The topological polar surface area (TPSA) is 77.1 Å². The molecule has 2 amide bonds. The molecule has 3 aliphatic heterocycles. The van der Waals surface area contributed by atoms with Gasteiger partial charge in [0.25, 0.3) is 0 Å². The summed E-state index contributed by atoms with van der Waals surface area (Å²) in [4.78, 5) is 16.3. The minimum absolute atomic E-state index is 0.0730. The van der Waals surface area contributed by atoms with E-state index in [4.69, 9.17) is 16.3 Å². The average Bonchev–Trinajstić information content (AvgIpc) is 3.35. The number of anilines is 2. The SMILES string of the molecule is CCNC(=O)Nc1ccc(F)cc1N1CC(N2CCC3(CC2)Cc2cc(Cl)ccc2O3)[C@H](O)C1. The summed E-state index contributed by atoms with van der Waals surface area (Å²) in [6.45, 7) is 4.87. The van der Waals surface area contributed by atoms with E-state index in [1.165, 1.54) is 12.1 Å². The second-order valence-corrected chi connectivity index (χ2v) is 9.87. The number of fused-ring (bicyclic) bond motifs is 1. The van der Waals surface area contributed by atoms with E-state index in [9.17, 15) is 14.3 Å². The van der Waals surface area contributed by atoms with Gasteiger partial charge in [-0.25, -0.2) is 9.18 Å². The molecule has 5 rings (SSSR count). The van der Waals surface area contributed by atoms with Gasteiger partial charge in [-0.2, -0.15) is 0 Å². The van der Waals surface area contributed by atoms with Crippen molar-refractivity contribution >= 4 is 29.0 Å². The maximum absolute atomic E-state index is 14.1. The highest BCUT2D eigenvalue weighted by Gasteiger charge is 2.45. The van der Waals surface area contributed by atoms with Crippen LogP contribution in [0.4, 0.5) is 20.6 Å². The first kappa shape index (κ1) is 23.2. The molecule has 0 saturated carbocycles. The number of nitrogens with one attached hydrogen (secondary N) is 2. The van der Waals surface area contributed by atoms with Crippen molar-refractivity contribution in [1.29, 1.82) is 0 Å². The number of carbonyl (C=O) groups is 1. The first-order valence-electron chi connectivity index (χ1n) is 11.8. The van der Waals surface area contributed by atoms with Crippen molar-refractivity contribution in [2.45, 2.75) is 43.9 Å². The molecule has 1 spiro atoms. The molecule has 2 aromatic carbocycles. The lowest BCUT2D eigenvalue weighted by molar-refractivity contribution is -0.0107. The summed E-state index contributed by atoms with van der Waals surface area (Å²) in [5.74, 6) is 0.538. The Morgan fingerprint density at radius 1 is 1.24 bits per heavy atom. The van der Waals surface area contributed by atoms with Crippen LogP contribution in [-0.4, -0.2) is 66.5 Å². The number of aliphatic hydroxyl groups excluding tert-OH is 1.